The lowest BCUT2D eigenvalue weighted by molar-refractivity contribution is -0.183. The van der Waals surface area contributed by atoms with Crippen molar-refractivity contribution in [2.75, 3.05) is 6.61 Å². The molecule has 5 aliphatic rings. The maximum atomic E-state index is 13.4. The van der Waals surface area contributed by atoms with Crippen LogP contribution in [0.25, 0.3) is 0 Å². The first kappa shape index (κ1) is 27.7. The Hall–Kier alpha value is -0.870. The molecular weight excluding hydrogens is 476 g/mol. The average molecular weight is 523 g/mol. The Morgan fingerprint density at radius 2 is 1.76 bits per heavy atom. The molecule has 0 spiro atoms. The van der Waals surface area contributed by atoms with Crippen molar-refractivity contribution in [2.45, 2.75) is 115 Å². The molecule has 0 amide bonds. The predicted molar refractivity (Wildman–Crippen MR) is 135 cm³/mol. The first-order valence-corrected chi connectivity index (χ1v) is 14.2. The van der Waals surface area contributed by atoms with Gasteiger partial charge in [0.15, 0.2) is 5.78 Å². The van der Waals surface area contributed by atoms with Crippen LogP contribution in [0.4, 0.5) is 0 Å². The summed E-state index contributed by atoms with van der Waals surface area (Å²) in [5.41, 5.74) is -3.70. The lowest BCUT2D eigenvalue weighted by Crippen LogP contribution is -2.63. The third kappa shape index (κ3) is 3.56. The summed E-state index contributed by atoms with van der Waals surface area (Å²) in [7, 11) is 0. The maximum Gasteiger partial charge on any atom is 0.159 e. The third-order valence-electron chi connectivity index (χ3n) is 11.9. The summed E-state index contributed by atoms with van der Waals surface area (Å²) >= 11 is 0. The maximum absolute atomic E-state index is 13.4. The summed E-state index contributed by atoms with van der Waals surface area (Å²) in [5.74, 6) is -1.18. The second-order valence-electron chi connectivity index (χ2n) is 13.8. The summed E-state index contributed by atoms with van der Waals surface area (Å²) in [6, 6.07) is 0. The average Bonchev–Trinajstić information content (AvgIpc) is 3.23. The lowest BCUT2D eigenvalue weighted by atomic mass is 9.45. The molecule has 0 aromatic rings. The van der Waals surface area contributed by atoms with Gasteiger partial charge in [-0.2, -0.15) is 0 Å². The van der Waals surface area contributed by atoms with Crippen molar-refractivity contribution in [3.63, 3.8) is 0 Å². The summed E-state index contributed by atoms with van der Waals surface area (Å²) in [5, 5.41) is 66.7. The molecule has 3 saturated carbocycles. The lowest BCUT2D eigenvalue weighted by Gasteiger charge is -2.60. The smallest absolute Gasteiger partial charge is 0.159 e. The van der Waals surface area contributed by atoms with Crippen molar-refractivity contribution < 1.29 is 40.2 Å². The monoisotopic (exact) mass is 522 g/mol. The van der Waals surface area contributed by atoms with E-state index in [0.29, 0.717) is 24.8 Å². The largest absolute Gasteiger partial charge is 0.396 e. The minimum Gasteiger partial charge on any atom is -0.396 e. The Labute approximate surface area is 219 Å². The van der Waals surface area contributed by atoms with E-state index in [-0.39, 0.29) is 49.4 Å². The second-order valence-corrected chi connectivity index (χ2v) is 13.8. The number of aliphatic hydroxyl groups excluding tert-OH is 4. The van der Waals surface area contributed by atoms with Gasteiger partial charge in [-0.05, 0) is 60.5 Å². The topological polar surface area (TPSA) is 148 Å². The van der Waals surface area contributed by atoms with E-state index in [4.69, 9.17) is 4.74 Å². The van der Waals surface area contributed by atoms with Gasteiger partial charge in [0.05, 0.1) is 30.0 Å². The number of carbonyl (C=O) groups excluding carboxylic acids is 1. The van der Waals surface area contributed by atoms with Crippen LogP contribution in [0.3, 0.4) is 0 Å². The normalized spacial score (nSPS) is 52.7. The molecule has 1 aliphatic heterocycles. The Kier molecular flexibility index (Phi) is 6.60. The minimum absolute atomic E-state index is 0.0255. The van der Waals surface area contributed by atoms with Gasteiger partial charge in [-0.15, -0.1) is 0 Å². The zero-order chi connectivity index (χ0) is 27.3. The fourth-order valence-electron chi connectivity index (χ4n) is 9.40. The van der Waals surface area contributed by atoms with Crippen LogP contribution in [0.15, 0.2) is 11.6 Å². The van der Waals surface area contributed by atoms with Crippen LogP contribution >= 0.6 is 0 Å². The standard InChI is InChI=1S/C29H46O8/c1-14(2)15(3)23(34)25-28(35,8-9-30)24-22(37-25)13-29(36)17-10-19(31)18-11-20(32)21(33)12-26(18,4)16(17)6-7-27(24,29)5/h10,14-16,18,20-25,30,32-36H,6-9,11-13H2,1-5H3/t15-,16-,18-,20+,21-,22-,23-,24-,25-,26+,27+,28+,29+/m0/s1. The van der Waals surface area contributed by atoms with Gasteiger partial charge in [0, 0.05) is 36.7 Å². The van der Waals surface area contributed by atoms with E-state index in [1.54, 1.807) is 6.08 Å². The number of allylic oxidation sites excluding steroid dienone is 1. The van der Waals surface area contributed by atoms with Crippen molar-refractivity contribution in [1.29, 1.82) is 0 Å². The molecule has 37 heavy (non-hydrogen) atoms. The first-order valence-electron chi connectivity index (χ1n) is 14.2. The number of hydrogen-bond donors (Lipinski definition) is 6. The summed E-state index contributed by atoms with van der Waals surface area (Å²) < 4.78 is 6.42. The predicted octanol–water partition coefficient (Wildman–Crippen LogP) is 1.33. The number of rotatable bonds is 5. The highest BCUT2D eigenvalue weighted by atomic mass is 16.5. The molecule has 0 aromatic carbocycles. The van der Waals surface area contributed by atoms with E-state index >= 15 is 0 Å². The van der Waals surface area contributed by atoms with Gasteiger partial charge < -0.3 is 35.4 Å². The molecule has 13 atom stereocenters. The molecular formula is C29H46O8. The van der Waals surface area contributed by atoms with E-state index in [1.165, 1.54) is 0 Å². The highest BCUT2D eigenvalue weighted by molar-refractivity contribution is 5.95. The SMILES string of the molecule is CC(C)[C@H](C)[C@H](O)[C@@H]1O[C@H]2C[C@@]3(O)C4=CC(=O)[C@@H]5C[C@@H](O)[C@@H](O)C[C@]5(C)[C@H]4CC[C@]3(C)[C@H]2[C@]1(O)CCO. The molecule has 0 unspecified atom stereocenters. The van der Waals surface area contributed by atoms with E-state index in [2.05, 4.69) is 0 Å². The van der Waals surface area contributed by atoms with Gasteiger partial charge in [0.25, 0.3) is 0 Å². The van der Waals surface area contributed by atoms with Crippen molar-refractivity contribution in [3.8, 4) is 0 Å². The molecule has 0 radical (unpaired) electrons. The van der Waals surface area contributed by atoms with Gasteiger partial charge in [-0.25, -0.2) is 0 Å². The minimum atomic E-state index is -1.54. The van der Waals surface area contributed by atoms with Gasteiger partial charge in [-0.1, -0.05) is 34.6 Å². The van der Waals surface area contributed by atoms with Crippen molar-refractivity contribution in [2.24, 2.45) is 40.4 Å². The highest BCUT2D eigenvalue weighted by Gasteiger charge is 2.76. The molecule has 4 aliphatic carbocycles. The Morgan fingerprint density at radius 1 is 1.08 bits per heavy atom. The fourth-order valence-corrected chi connectivity index (χ4v) is 9.40. The molecule has 0 aromatic heterocycles. The van der Waals surface area contributed by atoms with Gasteiger partial charge in [0.2, 0.25) is 0 Å². The molecule has 8 heteroatoms. The van der Waals surface area contributed by atoms with Crippen LogP contribution in [0.5, 0.6) is 0 Å². The van der Waals surface area contributed by atoms with Crippen LogP contribution < -0.4 is 0 Å². The summed E-state index contributed by atoms with van der Waals surface area (Å²) in [6.07, 6.45) is -0.652. The zero-order valence-electron chi connectivity index (χ0n) is 22.8. The quantitative estimate of drug-likeness (QED) is 0.317. The number of carbonyl (C=O) groups is 1. The van der Waals surface area contributed by atoms with E-state index in [1.807, 2.05) is 34.6 Å². The Bertz CT molecular complexity index is 966. The first-order chi connectivity index (χ1) is 17.2. The fraction of sp³-hybridized carbons (Fsp3) is 0.897. The summed E-state index contributed by atoms with van der Waals surface area (Å²) in [6.45, 7) is 9.64. The molecule has 1 heterocycles. The Balaban J connectivity index is 1.55. The van der Waals surface area contributed by atoms with Crippen LogP contribution in [0, 0.1) is 40.4 Å². The van der Waals surface area contributed by atoms with Gasteiger partial charge in [-0.3, -0.25) is 4.79 Å². The number of hydrogen-bond acceptors (Lipinski definition) is 8. The highest BCUT2D eigenvalue weighted by Crippen LogP contribution is 2.71. The van der Waals surface area contributed by atoms with Gasteiger partial charge in [0.1, 0.15) is 11.7 Å². The van der Waals surface area contributed by atoms with Gasteiger partial charge >= 0.3 is 0 Å². The molecule has 0 bridgehead atoms. The number of aliphatic hydroxyl groups is 6. The molecule has 4 fully saturated rings. The molecule has 1 saturated heterocycles. The summed E-state index contributed by atoms with van der Waals surface area (Å²) in [4.78, 5) is 13.4. The van der Waals surface area contributed by atoms with Crippen LogP contribution in [-0.4, -0.2) is 84.8 Å². The Morgan fingerprint density at radius 3 is 2.38 bits per heavy atom. The number of ether oxygens (including phenoxy) is 1. The third-order valence-corrected chi connectivity index (χ3v) is 11.9. The van der Waals surface area contributed by atoms with Crippen molar-refractivity contribution in [1.82, 2.24) is 0 Å². The zero-order valence-corrected chi connectivity index (χ0v) is 22.8. The van der Waals surface area contributed by atoms with Crippen LogP contribution in [0.1, 0.15) is 73.1 Å². The van der Waals surface area contributed by atoms with E-state index in [0.717, 1.165) is 0 Å². The molecule has 8 nitrogen and oxygen atoms in total. The van der Waals surface area contributed by atoms with Crippen LogP contribution in [0.2, 0.25) is 0 Å². The van der Waals surface area contributed by atoms with E-state index in [9.17, 15) is 35.4 Å². The molecule has 210 valence electrons. The number of ketones is 1. The van der Waals surface area contributed by atoms with Crippen molar-refractivity contribution in [3.05, 3.63) is 11.6 Å². The number of fused-ring (bicyclic) bond motifs is 7. The van der Waals surface area contributed by atoms with Crippen LogP contribution in [-0.2, 0) is 9.53 Å². The second kappa shape index (κ2) is 8.82. The van der Waals surface area contributed by atoms with E-state index < -0.39 is 64.4 Å². The molecule has 5 rings (SSSR count). The molecule has 6 N–H and O–H groups in total. The van der Waals surface area contributed by atoms with Crippen molar-refractivity contribution >= 4 is 5.78 Å².